The third-order valence-corrected chi connectivity index (χ3v) is 5.84. The van der Waals surface area contributed by atoms with Gasteiger partial charge in [0.15, 0.2) is 0 Å². The molecule has 3 aliphatic rings. The number of amides is 2. The predicted octanol–water partition coefficient (Wildman–Crippen LogP) is 2.13. The highest BCUT2D eigenvalue weighted by atomic mass is 16.6. The van der Waals surface area contributed by atoms with Gasteiger partial charge in [0.25, 0.3) is 11.6 Å². The summed E-state index contributed by atoms with van der Waals surface area (Å²) in [4.78, 5) is 38.6. The number of carbonyl (C=O) groups is 2. The van der Waals surface area contributed by atoms with Gasteiger partial charge in [-0.3, -0.25) is 19.7 Å². The van der Waals surface area contributed by atoms with Crippen LogP contribution < -0.4 is 4.90 Å². The Morgan fingerprint density at radius 3 is 2.32 bits per heavy atom. The fraction of sp³-hybridized carbons (Fsp3) is 0.300. The van der Waals surface area contributed by atoms with Crippen LogP contribution in [0.1, 0.15) is 18.0 Å². The minimum atomic E-state index is -0.574. The lowest BCUT2D eigenvalue weighted by atomic mass is 9.89. The number of non-ortho nitro benzene ring substituents is 1. The molecule has 28 heavy (non-hydrogen) atoms. The zero-order valence-corrected chi connectivity index (χ0v) is 15.0. The lowest BCUT2D eigenvalue weighted by Crippen LogP contribution is -2.44. The summed E-state index contributed by atoms with van der Waals surface area (Å²) in [6.45, 7) is 1.43. The second-order valence-electron chi connectivity index (χ2n) is 7.29. The molecule has 3 saturated heterocycles. The molecule has 0 bridgehead atoms. The summed E-state index contributed by atoms with van der Waals surface area (Å²) in [5.74, 6) is -1.04. The molecule has 0 aliphatic carbocycles. The number of nitrogens with zero attached hydrogens (tertiary/aromatic N) is 4. The molecule has 0 aromatic heterocycles. The molecule has 8 nitrogen and oxygen atoms in total. The Hall–Kier alpha value is -3.10. The van der Waals surface area contributed by atoms with Crippen LogP contribution in [0.15, 0.2) is 54.6 Å². The van der Waals surface area contributed by atoms with Gasteiger partial charge >= 0.3 is 0 Å². The van der Waals surface area contributed by atoms with Gasteiger partial charge in [0.2, 0.25) is 5.91 Å². The molecule has 3 fully saturated rings. The van der Waals surface area contributed by atoms with Gasteiger partial charge in [-0.2, -0.15) is 0 Å². The van der Waals surface area contributed by atoms with Crippen molar-refractivity contribution in [1.82, 2.24) is 10.0 Å². The first kappa shape index (κ1) is 17.0. The van der Waals surface area contributed by atoms with Crippen molar-refractivity contribution < 1.29 is 14.5 Å². The first-order valence-corrected chi connectivity index (χ1v) is 9.28. The van der Waals surface area contributed by atoms with Gasteiger partial charge in [0.05, 0.1) is 22.6 Å². The van der Waals surface area contributed by atoms with Gasteiger partial charge in [0.1, 0.15) is 6.04 Å². The molecule has 0 N–H and O–H groups in total. The minimum Gasteiger partial charge on any atom is -0.274 e. The van der Waals surface area contributed by atoms with Crippen LogP contribution >= 0.6 is 0 Å². The number of hydrogen-bond acceptors (Lipinski definition) is 6. The van der Waals surface area contributed by atoms with Crippen molar-refractivity contribution in [3.63, 3.8) is 0 Å². The number of imide groups is 1. The number of benzene rings is 2. The molecule has 3 unspecified atom stereocenters. The Bertz CT molecular complexity index is 979. The van der Waals surface area contributed by atoms with Crippen LogP contribution in [0.25, 0.3) is 0 Å². The van der Waals surface area contributed by atoms with Crippen LogP contribution in [-0.4, -0.2) is 45.9 Å². The van der Waals surface area contributed by atoms with Crippen molar-refractivity contribution in [3.8, 4) is 0 Å². The summed E-state index contributed by atoms with van der Waals surface area (Å²) in [6.07, 6.45) is 0.890. The maximum absolute atomic E-state index is 13.3. The van der Waals surface area contributed by atoms with E-state index < -0.39 is 16.9 Å². The van der Waals surface area contributed by atoms with E-state index in [1.165, 1.54) is 17.0 Å². The molecule has 2 aromatic carbocycles. The summed E-state index contributed by atoms with van der Waals surface area (Å²) < 4.78 is 0. The Labute approximate surface area is 161 Å². The Morgan fingerprint density at radius 1 is 0.893 bits per heavy atom. The zero-order chi connectivity index (χ0) is 19.4. The number of anilines is 1. The zero-order valence-electron chi connectivity index (χ0n) is 15.0. The number of rotatable bonds is 3. The summed E-state index contributed by atoms with van der Waals surface area (Å²) >= 11 is 0. The first-order chi connectivity index (χ1) is 13.6. The number of fused-ring (bicyclic) bond motifs is 3. The highest BCUT2D eigenvalue weighted by molar-refractivity contribution is 6.24. The number of carbonyl (C=O) groups excluding carboxylic acids is 2. The minimum absolute atomic E-state index is 0.0108. The molecule has 5 rings (SSSR count). The van der Waals surface area contributed by atoms with E-state index in [0.717, 1.165) is 13.0 Å². The van der Waals surface area contributed by atoms with Gasteiger partial charge in [-0.15, -0.1) is 0 Å². The van der Waals surface area contributed by atoms with Crippen molar-refractivity contribution in [2.75, 3.05) is 18.0 Å². The molecule has 2 aromatic rings. The Morgan fingerprint density at radius 2 is 1.61 bits per heavy atom. The van der Waals surface area contributed by atoms with E-state index in [1.54, 1.807) is 36.4 Å². The smallest absolute Gasteiger partial charge is 0.269 e. The molecule has 0 radical (unpaired) electrons. The summed E-state index contributed by atoms with van der Waals surface area (Å²) in [5, 5.41) is 15.3. The average molecular weight is 378 g/mol. The Balaban J connectivity index is 1.59. The van der Waals surface area contributed by atoms with Crippen LogP contribution in [0.3, 0.4) is 0 Å². The lowest BCUT2D eigenvalue weighted by molar-refractivity contribution is -0.385. The van der Waals surface area contributed by atoms with E-state index in [2.05, 4.69) is 0 Å². The summed E-state index contributed by atoms with van der Waals surface area (Å²) in [7, 11) is 0. The predicted molar refractivity (Wildman–Crippen MR) is 100 cm³/mol. The van der Waals surface area contributed by atoms with Gasteiger partial charge in [-0.05, 0) is 24.1 Å². The van der Waals surface area contributed by atoms with Crippen LogP contribution in [0, 0.1) is 16.0 Å². The third kappa shape index (κ3) is 2.31. The lowest BCUT2D eigenvalue weighted by Gasteiger charge is -2.29. The van der Waals surface area contributed by atoms with Crippen LogP contribution in [-0.2, 0) is 9.59 Å². The van der Waals surface area contributed by atoms with E-state index >= 15 is 0 Å². The Kier molecular flexibility index (Phi) is 3.78. The quantitative estimate of drug-likeness (QED) is 0.462. The van der Waals surface area contributed by atoms with E-state index in [-0.39, 0.29) is 23.5 Å². The number of para-hydroxylation sites is 1. The van der Waals surface area contributed by atoms with Crippen molar-refractivity contribution in [2.45, 2.75) is 18.5 Å². The van der Waals surface area contributed by atoms with Gasteiger partial charge in [0, 0.05) is 25.2 Å². The van der Waals surface area contributed by atoms with Crippen molar-refractivity contribution in [2.24, 2.45) is 5.92 Å². The standard InChI is InChI=1S/C20H18N4O4/c25-19-16-17(13-6-4-9-15(12-13)24(27)28)21-10-5-11-22(21)18(16)20(26)23(19)14-7-2-1-3-8-14/h1-4,6-9,12,16-18H,5,10-11H2. The number of nitro groups is 1. The SMILES string of the molecule is O=C1C2C(C(=O)N1c1ccccc1)N1CCCN1C2c1cccc([N+](=O)[O-])c1. The molecule has 142 valence electrons. The molecule has 0 spiro atoms. The highest BCUT2D eigenvalue weighted by Gasteiger charge is 2.62. The van der Waals surface area contributed by atoms with Crippen molar-refractivity contribution in [3.05, 3.63) is 70.3 Å². The van der Waals surface area contributed by atoms with Crippen LogP contribution in [0.5, 0.6) is 0 Å². The molecular weight excluding hydrogens is 360 g/mol. The molecule has 0 saturated carbocycles. The second kappa shape index (κ2) is 6.22. The van der Waals surface area contributed by atoms with Crippen LogP contribution in [0.2, 0.25) is 0 Å². The van der Waals surface area contributed by atoms with Gasteiger partial charge in [-0.25, -0.2) is 14.9 Å². The van der Waals surface area contributed by atoms with E-state index in [0.29, 0.717) is 17.8 Å². The number of hydrogen-bond donors (Lipinski definition) is 0. The monoisotopic (exact) mass is 378 g/mol. The van der Waals surface area contributed by atoms with Gasteiger partial charge in [-0.1, -0.05) is 30.3 Å². The largest absolute Gasteiger partial charge is 0.274 e. The maximum atomic E-state index is 13.3. The van der Waals surface area contributed by atoms with Crippen molar-refractivity contribution in [1.29, 1.82) is 0 Å². The van der Waals surface area contributed by atoms with E-state index in [1.807, 2.05) is 16.1 Å². The molecule has 8 heteroatoms. The average Bonchev–Trinajstić information content (AvgIpc) is 3.34. The first-order valence-electron chi connectivity index (χ1n) is 9.28. The molecular formula is C20H18N4O4. The third-order valence-electron chi connectivity index (χ3n) is 5.84. The second-order valence-corrected chi connectivity index (χ2v) is 7.29. The number of hydrazine groups is 1. The summed E-state index contributed by atoms with van der Waals surface area (Å²) in [5.41, 5.74) is 1.25. The van der Waals surface area contributed by atoms with E-state index in [9.17, 15) is 19.7 Å². The fourth-order valence-corrected chi connectivity index (χ4v) is 4.77. The fourth-order valence-electron chi connectivity index (χ4n) is 4.77. The topological polar surface area (TPSA) is 87.0 Å². The highest BCUT2D eigenvalue weighted by Crippen LogP contribution is 2.49. The molecule has 3 aliphatic heterocycles. The van der Waals surface area contributed by atoms with E-state index in [4.69, 9.17) is 0 Å². The van der Waals surface area contributed by atoms with Gasteiger partial charge < -0.3 is 0 Å². The van der Waals surface area contributed by atoms with Crippen LogP contribution in [0.4, 0.5) is 11.4 Å². The molecule has 2 amide bonds. The molecule has 3 atom stereocenters. The molecule has 3 heterocycles. The maximum Gasteiger partial charge on any atom is 0.269 e. The normalized spacial score (nSPS) is 27.3. The number of nitro benzene ring substituents is 1. The summed E-state index contributed by atoms with van der Waals surface area (Å²) in [6, 6.07) is 14.4. The van der Waals surface area contributed by atoms with Crippen molar-refractivity contribution >= 4 is 23.2 Å².